The fraction of sp³-hybridized carbons (Fsp3) is 0.633. The Bertz CT molecular complexity index is 1500. The number of nitrogens with one attached hydrogen (secondary N) is 1. The SMILES string of the molecule is CB(O)Nc1cc(C#N)c2nc(-c3nn(COCC[Si](C)(C)C)c4c3C[C@@H]3C[C@]3(C)C4)n(COCC[Si](C)(C)C)c2c1. The highest BCUT2D eigenvalue weighted by Gasteiger charge is 2.54. The lowest BCUT2D eigenvalue weighted by Crippen LogP contribution is -2.23. The number of nitrogens with zero attached hydrogens (tertiary/aromatic N) is 5. The zero-order valence-electron chi connectivity index (χ0n) is 26.7. The Labute approximate surface area is 252 Å². The van der Waals surface area contributed by atoms with Crippen LogP contribution < -0.4 is 5.23 Å². The molecule has 0 bridgehead atoms. The highest BCUT2D eigenvalue weighted by Crippen LogP contribution is 2.60. The molecule has 0 unspecified atom stereocenters. The monoisotopic (exact) mass is 606 g/mol. The molecule has 1 fully saturated rings. The number of rotatable bonds is 13. The van der Waals surface area contributed by atoms with Crippen LogP contribution >= 0.6 is 0 Å². The van der Waals surface area contributed by atoms with E-state index in [4.69, 9.17) is 19.6 Å². The molecule has 9 nitrogen and oxygen atoms in total. The van der Waals surface area contributed by atoms with Crippen LogP contribution in [0.4, 0.5) is 5.69 Å². The molecule has 1 aromatic carbocycles. The zero-order valence-corrected chi connectivity index (χ0v) is 28.7. The molecular weight excluding hydrogens is 559 g/mol. The summed E-state index contributed by atoms with van der Waals surface area (Å²) in [6.45, 7) is 20.4. The van der Waals surface area contributed by atoms with Crippen molar-refractivity contribution in [3.63, 3.8) is 0 Å². The van der Waals surface area contributed by atoms with E-state index in [0.29, 0.717) is 48.2 Å². The predicted octanol–water partition coefficient (Wildman–Crippen LogP) is 6.04. The summed E-state index contributed by atoms with van der Waals surface area (Å²) in [5.74, 6) is 1.39. The van der Waals surface area contributed by atoms with Crippen LogP contribution in [0.25, 0.3) is 22.6 Å². The maximum absolute atomic E-state index is 10.1. The number of fused-ring (bicyclic) bond motifs is 3. The van der Waals surface area contributed by atoms with Crippen LogP contribution in [-0.2, 0) is 35.8 Å². The van der Waals surface area contributed by atoms with Crippen LogP contribution in [0.2, 0.25) is 58.2 Å². The van der Waals surface area contributed by atoms with E-state index in [1.807, 2.05) is 6.07 Å². The Morgan fingerprint density at radius 1 is 1.12 bits per heavy atom. The lowest BCUT2D eigenvalue weighted by Gasteiger charge is -2.20. The summed E-state index contributed by atoms with van der Waals surface area (Å²) in [6.07, 6.45) is 3.21. The van der Waals surface area contributed by atoms with Crippen molar-refractivity contribution >= 4 is 39.9 Å². The Morgan fingerprint density at radius 3 is 2.40 bits per heavy atom. The second-order valence-electron chi connectivity index (χ2n) is 15.1. The van der Waals surface area contributed by atoms with Crippen LogP contribution in [0.15, 0.2) is 12.1 Å². The molecule has 2 aliphatic rings. The quantitative estimate of drug-likeness (QED) is 0.180. The van der Waals surface area contributed by atoms with Crippen molar-refractivity contribution in [2.75, 3.05) is 18.4 Å². The molecule has 3 aromatic rings. The summed E-state index contributed by atoms with van der Waals surface area (Å²) in [5.41, 5.74) is 6.26. The van der Waals surface area contributed by atoms with Gasteiger partial charge in [0.05, 0.1) is 11.1 Å². The van der Waals surface area contributed by atoms with Gasteiger partial charge in [-0.1, -0.05) is 46.2 Å². The van der Waals surface area contributed by atoms with Crippen molar-refractivity contribution in [2.24, 2.45) is 11.3 Å². The van der Waals surface area contributed by atoms with Gasteiger partial charge >= 0.3 is 7.05 Å². The van der Waals surface area contributed by atoms with Crippen LogP contribution in [0.1, 0.15) is 30.2 Å². The number of benzene rings is 1. The first kappa shape index (κ1) is 31.0. The van der Waals surface area contributed by atoms with Crippen molar-refractivity contribution < 1.29 is 14.5 Å². The third-order valence-corrected chi connectivity index (χ3v) is 12.1. The standard InChI is InChI=1S/C30H47BN6O3Si2/c1-30-16-22(30)14-24-26(17-30)37(20-40-10-12-42(6,7)8)35-28(24)29-33-27-21(18-32)13-23(34-31(2)38)15-25(27)36(29)19-39-9-11-41(3,4)5/h13,15,22,34,38H,9-12,14,16-17,19-20H2,1-8H3/t22-,30-/m1/s1. The molecular formula is C30H47BN6O3Si2. The molecule has 0 spiro atoms. The molecule has 42 heavy (non-hydrogen) atoms. The minimum Gasteiger partial charge on any atom is -0.433 e. The van der Waals surface area contributed by atoms with Gasteiger partial charge in [0.1, 0.15) is 30.7 Å². The van der Waals surface area contributed by atoms with Gasteiger partial charge in [0.2, 0.25) is 0 Å². The van der Waals surface area contributed by atoms with Gasteiger partial charge in [-0.3, -0.25) is 4.57 Å². The molecule has 12 heteroatoms. The van der Waals surface area contributed by atoms with Gasteiger partial charge in [-0.25, -0.2) is 9.67 Å². The van der Waals surface area contributed by atoms with Crippen LogP contribution in [0.3, 0.4) is 0 Å². The molecule has 1 saturated carbocycles. The predicted molar refractivity (Wildman–Crippen MR) is 175 cm³/mol. The Kier molecular flexibility index (Phi) is 8.55. The van der Waals surface area contributed by atoms with Gasteiger partial charge in [-0.15, -0.1) is 0 Å². The second-order valence-corrected chi connectivity index (χ2v) is 26.3. The van der Waals surface area contributed by atoms with E-state index in [-0.39, 0.29) is 0 Å². The van der Waals surface area contributed by atoms with Crippen molar-refractivity contribution in [1.29, 1.82) is 5.26 Å². The first-order chi connectivity index (χ1) is 19.7. The molecule has 226 valence electrons. The number of anilines is 1. The maximum atomic E-state index is 10.1. The van der Waals surface area contributed by atoms with Gasteiger partial charge in [0.25, 0.3) is 0 Å². The van der Waals surface area contributed by atoms with E-state index < -0.39 is 23.2 Å². The minimum absolute atomic E-state index is 0.314. The molecule has 2 aromatic heterocycles. The topological polar surface area (TPSA) is 110 Å². The van der Waals surface area contributed by atoms with E-state index in [1.165, 1.54) is 17.7 Å². The number of nitriles is 1. The fourth-order valence-electron chi connectivity index (χ4n) is 5.91. The summed E-state index contributed by atoms with van der Waals surface area (Å²) in [5, 5.41) is 28.3. The second kappa shape index (κ2) is 11.6. The molecule has 2 heterocycles. The van der Waals surface area contributed by atoms with E-state index in [1.54, 1.807) is 12.9 Å². The van der Waals surface area contributed by atoms with E-state index in [2.05, 4.69) is 66.8 Å². The highest BCUT2D eigenvalue weighted by atomic mass is 28.3. The van der Waals surface area contributed by atoms with Gasteiger partial charge < -0.3 is 19.7 Å². The van der Waals surface area contributed by atoms with Crippen molar-refractivity contribution in [2.45, 2.75) is 97.8 Å². The molecule has 0 amide bonds. The number of ether oxygens (including phenoxy) is 2. The lowest BCUT2D eigenvalue weighted by atomic mass is 9.87. The Balaban J connectivity index is 1.57. The van der Waals surface area contributed by atoms with E-state index in [0.717, 1.165) is 48.6 Å². The summed E-state index contributed by atoms with van der Waals surface area (Å²) >= 11 is 0. The maximum Gasteiger partial charge on any atom is 0.406 e. The van der Waals surface area contributed by atoms with E-state index in [9.17, 15) is 10.3 Å². The van der Waals surface area contributed by atoms with Gasteiger partial charge in [0, 0.05) is 46.3 Å². The molecule has 5 rings (SSSR count). The lowest BCUT2D eigenvalue weighted by molar-refractivity contribution is 0.0756. The summed E-state index contributed by atoms with van der Waals surface area (Å²) in [4.78, 5) is 5.08. The third-order valence-electron chi connectivity index (χ3n) is 8.72. The number of imidazole rings is 1. The average molecular weight is 607 g/mol. The molecule has 0 saturated heterocycles. The minimum atomic E-state index is -1.26. The fourth-order valence-corrected chi connectivity index (χ4v) is 7.42. The first-order valence-electron chi connectivity index (χ1n) is 15.3. The van der Waals surface area contributed by atoms with Gasteiger partial charge in [0.15, 0.2) is 5.82 Å². The first-order valence-corrected chi connectivity index (χ1v) is 22.7. The molecule has 0 aliphatic heterocycles. The van der Waals surface area contributed by atoms with Gasteiger partial charge in [-0.05, 0) is 61.6 Å². The highest BCUT2D eigenvalue weighted by molar-refractivity contribution is 6.76. The normalized spacial score (nSPS) is 19.9. The van der Waals surface area contributed by atoms with Crippen molar-refractivity contribution in [3.8, 4) is 17.6 Å². The zero-order chi connectivity index (χ0) is 30.4. The van der Waals surface area contributed by atoms with Crippen molar-refractivity contribution in [1.82, 2.24) is 19.3 Å². The molecule has 0 radical (unpaired) electrons. The van der Waals surface area contributed by atoms with Gasteiger partial charge in [-0.2, -0.15) is 10.4 Å². The Morgan fingerprint density at radius 2 is 1.79 bits per heavy atom. The van der Waals surface area contributed by atoms with Crippen LogP contribution in [0.5, 0.6) is 0 Å². The summed E-state index contributed by atoms with van der Waals surface area (Å²) < 4.78 is 16.6. The van der Waals surface area contributed by atoms with Crippen LogP contribution in [0, 0.1) is 22.7 Å². The Hall–Kier alpha value is -2.43. The molecule has 2 N–H and O–H groups in total. The smallest absolute Gasteiger partial charge is 0.406 e. The third kappa shape index (κ3) is 6.86. The summed E-state index contributed by atoms with van der Waals surface area (Å²) in [7, 11) is -3.21. The average Bonchev–Trinajstić information content (AvgIpc) is 3.24. The van der Waals surface area contributed by atoms with E-state index >= 15 is 0 Å². The summed E-state index contributed by atoms with van der Waals surface area (Å²) in [6, 6.07) is 8.20. The largest absolute Gasteiger partial charge is 0.433 e. The van der Waals surface area contributed by atoms with Crippen LogP contribution in [-0.4, -0.2) is 60.8 Å². The molecule has 2 aliphatic carbocycles. The van der Waals surface area contributed by atoms with Crippen molar-refractivity contribution in [3.05, 3.63) is 29.0 Å². The number of aromatic nitrogens is 4. The number of hydrogen-bond donors (Lipinski definition) is 2. The molecule has 2 atom stereocenters. The number of hydrogen-bond acceptors (Lipinski definition) is 7.